The van der Waals surface area contributed by atoms with Gasteiger partial charge in [0.2, 0.25) is 5.91 Å². The summed E-state index contributed by atoms with van der Waals surface area (Å²) in [6.07, 6.45) is 2.80. The molecule has 1 aliphatic carbocycles. The van der Waals surface area contributed by atoms with Gasteiger partial charge in [0.1, 0.15) is 5.82 Å². The normalized spacial score (nSPS) is 18.2. The summed E-state index contributed by atoms with van der Waals surface area (Å²) in [7, 11) is 0. The van der Waals surface area contributed by atoms with Gasteiger partial charge in [0.25, 0.3) is 0 Å². The van der Waals surface area contributed by atoms with Gasteiger partial charge in [-0.1, -0.05) is 38.1 Å². The van der Waals surface area contributed by atoms with Crippen molar-refractivity contribution in [1.29, 1.82) is 0 Å². The van der Waals surface area contributed by atoms with Crippen LogP contribution in [0.2, 0.25) is 0 Å². The second-order valence-electron chi connectivity index (χ2n) is 10.9. The van der Waals surface area contributed by atoms with Crippen molar-refractivity contribution in [2.75, 3.05) is 29.1 Å². The highest BCUT2D eigenvalue weighted by molar-refractivity contribution is 7.98. The first kappa shape index (κ1) is 27.0. The maximum Gasteiger partial charge on any atom is 0.239 e. The molecule has 1 aromatic heterocycles. The number of benzene rings is 2. The van der Waals surface area contributed by atoms with Gasteiger partial charge >= 0.3 is 0 Å². The summed E-state index contributed by atoms with van der Waals surface area (Å²) in [6, 6.07) is 13.5. The lowest BCUT2D eigenvalue weighted by Gasteiger charge is -2.37. The molecule has 5 rings (SSSR count). The lowest BCUT2D eigenvalue weighted by atomic mass is 9.73. The van der Waals surface area contributed by atoms with Crippen LogP contribution >= 0.6 is 11.8 Å². The molecule has 1 amide bonds. The minimum atomic E-state index is -0.525. The fourth-order valence-corrected chi connectivity index (χ4v) is 6.27. The van der Waals surface area contributed by atoms with Crippen molar-refractivity contribution in [1.82, 2.24) is 15.3 Å². The van der Waals surface area contributed by atoms with Crippen molar-refractivity contribution in [2.24, 2.45) is 5.41 Å². The molecule has 0 saturated carbocycles. The van der Waals surface area contributed by atoms with E-state index in [4.69, 9.17) is 0 Å². The number of carbonyl (C=O) groups is 2. The van der Waals surface area contributed by atoms with Crippen molar-refractivity contribution in [3.05, 3.63) is 88.9 Å². The number of anilines is 2. The van der Waals surface area contributed by atoms with Gasteiger partial charge in [0, 0.05) is 41.4 Å². The number of imidazole rings is 1. The maximum atomic E-state index is 13.9. The van der Waals surface area contributed by atoms with Gasteiger partial charge < -0.3 is 20.5 Å². The number of hydrogen-bond acceptors (Lipinski definition) is 6. The largest absolute Gasteiger partial charge is 0.357 e. The first-order valence-corrected chi connectivity index (χ1v) is 14.3. The van der Waals surface area contributed by atoms with Gasteiger partial charge in [-0.25, -0.2) is 9.37 Å². The van der Waals surface area contributed by atoms with E-state index in [1.807, 2.05) is 36.1 Å². The molecule has 204 valence electrons. The number of nitrogens with one attached hydrogen (secondary N) is 3. The second-order valence-corrected chi connectivity index (χ2v) is 12.0. The fourth-order valence-electron chi connectivity index (χ4n) is 5.39. The van der Waals surface area contributed by atoms with Crippen molar-refractivity contribution in [2.45, 2.75) is 45.4 Å². The summed E-state index contributed by atoms with van der Waals surface area (Å²) in [6.45, 7) is 6.75. The zero-order chi connectivity index (χ0) is 27.6. The topological polar surface area (TPSA) is 90.1 Å². The second kappa shape index (κ2) is 11.3. The molecule has 2 heterocycles. The van der Waals surface area contributed by atoms with E-state index in [2.05, 4.69) is 34.4 Å². The fraction of sp³-hybridized carbons (Fsp3) is 0.367. The van der Waals surface area contributed by atoms with Gasteiger partial charge in [-0.05, 0) is 48.6 Å². The third-order valence-electron chi connectivity index (χ3n) is 7.25. The zero-order valence-electron chi connectivity index (χ0n) is 22.5. The number of H-pyrrole nitrogens is 1. The number of fused-ring (bicyclic) bond motifs is 1. The van der Waals surface area contributed by atoms with Crippen LogP contribution in [0.3, 0.4) is 0 Å². The molecule has 2 aliphatic rings. The highest BCUT2D eigenvalue weighted by Crippen LogP contribution is 2.48. The van der Waals surface area contributed by atoms with Crippen molar-refractivity contribution < 1.29 is 14.0 Å². The van der Waals surface area contributed by atoms with Crippen LogP contribution in [-0.4, -0.2) is 40.5 Å². The van der Waals surface area contributed by atoms with E-state index in [9.17, 15) is 14.0 Å². The van der Waals surface area contributed by atoms with Gasteiger partial charge in [0.15, 0.2) is 5.78 Å². The highest BCUT2D eigenvalue weighted by atomic mass is 32.2. The molecule has 1 aliphatic heterocycles. The van der Waals surface area contributed by atoms with Crippen LogP contribution in [0.15, 0.2) is 66.1 Å². The molecule has 0 bridgehead atoms. The number of halogens is 1. The Hall–Kier alpha value is -3.59. The number of nitrogens with zero attached hydrogens (tertiary/aromatic N) is 2. The molecule has 0 fully saturated rings. The third-order valence-corrected chi connectivity index (χ3v) is 8.22. The van der Waals surface area contributed by atoms with Crippen LogP contribution < -0.4 is 15.5 Å². The predicted octanol–water partition coefficient (Wildman–Crippen LogP) is 5.52. The van der Waals surface area contributed by atoms with E-state index < -0.39 is 6.04 Å². The van der Waals surface area contributed by atoms with Crippen LogP contribution in [-0.2, 0) is 15.3 Å². The standard InChI is InChI=1S/C30H34FN5O2S/c1-19-24(34-18-33-19)17-39-13-12-32-27(38)16-36-25-7-5-4-6-22(25)35-23-14-30(2,3)15-26(37)28(23)29(36)20-8-10-21(31)11-9-20/h4-11,18,29,35H,12-17H2,1-3H3,(H,32,38)(H,33,34). The number of thioether (sulfide) groups is 1. The summed E-state index contributed by atoms with van der Waals surface area (Å²) in [5, 5.41) is 6.58. The molecule has 39 heavy (non-hydrogen) atoms. The number of aromatic nitrogens is 2. The van der Waals surface area contributed by atoms with E-state index in [1.165, 1.54) is 12.1 Å². The molecule has 3 aromatic rings. The Kier molecular flexibility index (Phi) is 7.79. The number of ketones is 1. The number of para-hydroxylation sites is 2. The van der Waals surface area contributed by atoms with Gasteiger partial charge in [-0.2, -0.15) is 11.8 Å². The summed E-state index contributed by atoms with van der Waals surface area (Å²) in [4.78, 5) is 36.4. The highest BCUT2D eigenvalue weighted by Gasteiger charge is 2.41. The van der Waals surface area contributed by atoms with E-state index >= 15 is 0 Å². The quantitative estimate of drug-likeness (QED) is 0.322. The van der Waals surface area contributed by atoms with E-state index in [0.717, 1.165) is 45.5 Å². The van der Waals surface area contributed by atoms with Crippen LogP contribution in [0.5, 0.6) is 0 Å². The number of aromatic amines is 1. The minimum absolute atomic E-state index is 0.0475. The number of allylic oxidation sites excluding steroid dienone is 1. The first-order chi connectivity index (χ1) is 18.7. The number of hydrogen-bond donors (Lipinski definition) is 3. The molecule has 1 atom stereocenters. The Bertz CT molecular complexity index is 1400. The molecule has 3 N–H and O–H groups in total. The third kappa shape index (κ3) is 6.03. The minimum Gasteiger partial charge on any atom is -0.357 e. The van der Waals surface area contributed by atoms with Crippen molar-refractivity contribution >= 4 is 34.8 Å². The molecule has 9 heteroatoms. The average Bonchev–Trinajstić information content (AvgIpc) is 3.24. The van der Waals surface area contributed by atoms with Gasteiger partial charge in [-0.15, -0.1) is 0 Å². The molecular formula is C30H34FN5O2S. The molecule has 7 nitrogen and oxygen atoms in total. The summed E-state index contributed by atoms with van der Waals surface area (Å²) < 4.78 is 13.9. The Labute approximate surface area is 232 Å². The summed E-state index contributed by atoms with van der Waals surface area (Å²) in [5.74, 6) is 1.09. The Morgan fingerprint density at radius 2 is 1.95 bits per heavy atom. The average molecular weight is 548 g/mol. The number of rotatable bonds is 8. The molecule has 2 aromatic carbocycles. The molecule has 0 radical (unpaired) electrons. The van der Waals surface area contributed by atoms with Gasteiger partial charge in [-0.3, -0.25) is 9.59 Å². The lowest BCUT2D eigenvalue weighted by Crippen LogP contribution is -2.42. The zero-order valence-corrected chi connectivity index (χ0v) is 23.3. The van der Waals surface area contributed by atoms with Crippen LogP contribution in [0.25, 0.3) is 0 Å². The van der Waals surface area contributed by atoms with Crippen LogP contribution in [0.1, 0.15) is 49.7 Å². The maximum absolute atomic E-state index is 13.9. The molecular weight excluding hydrogens is 513 g/mol. The Balaban J connectivity index is 1.42. The lowest BCUT2D eigenvalue weighted by molar-refractivity contribution is -0.120. The Morgan fingerprint density at radius 3 is 2.69 bits per heavy atom. The smallest absolute Gasteiger partial charge is 0.239 e. The summed E-state index contributed by atoms with van der Waals surface area (Å²) >= 11 is 1.71. The molecule has 0 spiro atoms. The van der Waals surface area contributed by atoms with Crippen LogP contribution in [0, 0.1) is 18.2 Å². The number of carbonyl (C=O) groups excluding carboxylic acids is 2. The van der Waals surface area contributed by atoms with Crippen LogP contribution in [0.4, 0.5) is 15.8 Å². The monoisotopic (exact) mass is 547 g/mol. The first-order valence-electron chi connectivity index (χ1n) is 13.2. The van der Waals surface area contributed by atoms with E-state index in [0.29, 0.717) is 25.0 Å². The summed E-state index contributed by atoms with van der Waals surface area (Å²) in [5.41, 5.74) is 5.84. The van der Waals surface area contributed by atoms with Gasteiger partial charge in [0.05, 0.1) is 36.0 Å². The van der Waals surface area contributed by atoms with Crippen molar-refractivity contribution in [3.8, 4) is 0 Å². The van der Waals surface area contributed by atoms with E-state index in [-0.39, 0.29) is 29.5 Å². The van der Waals surface area contributed by atoms with E-state index in [1.54, 1.807) is 30.2 Å². The number of amides is 1. The number of Topliss-reactive ketones (excluding diaryl/α,β-unsaturated/α-hetero) is 1. The predicted molar refractivity (Wildman–Crippen MR) is 154 cm³/mol. The Morgan fingerprint density at radius 1 is 1.18 bits per heavy atom. The molecule has 0 saturated heterocycles. The van der Waals surface area contributed by atoms with Crippen molar-refractivity contribution in [3.63, 3.8) is 0 Å². The SMILES string of the molecule is Cc1[nH]cnc1CSCCNC(=O)CN1c2ccccc2NC2=C(C(=O)CC(C)(C)C2)C1c1ccc(F)cc1. The molecule has 1 unspecified atom stereocenters. The number of aryl methyl sites for hydroxylation is 1.